The lowest BCUT2D eigenvalue weighted by Crippen LogP contribution is -2.38. The second kappa shape index (κ2) is 10.9. The van der Waals surface area contributed by atoms with Gasteiger partial charge in [-0.2, -0.15) is 5.10 Å². The van der Waals surface area contributed by atoms with Crippen molar-refractivity contribution in [1.29, 1.82) is 0 Å². The molecule has 28 heavy (non-hydrogen) atoms. The van der Waals surface area contributed by atoms with Gasteiger partial charge in [-0.1, -0.05) is 38.1 Å². The first-order valence-electron chi connectivity index (χ1n) is 10.1. The quantitative estimate of drug-likeness (QED) is 0.528. The number of rotatable bonds is 9. The number of hydrogen-bond acceptors (Lipinski definition) is 3. The van der Waals surface area contributed by atoms with Crippen LogP contribution >= 0.6 is 0 Å². The molecule has 6 nitrogen and oxygen atoms in total. The molecule has 0 saturated carbocycles. The summed E-state index contributed by atoms with van der Waals surface area (Å²) < 4.78 is 7.49. The SMILES string of the molecule is CCNC(=NCc1ccccc1COCC)N(C)Cc1cn(C)nc1C(C)C. The van der Waals surface area contributed by atoms with Gasteiger partial charge in [0.25, 0.3) is 0 Å². The summed E-state index contributed by atoms with van der Waals surface area (Å²) in [6.45, 7) is 12.0. The molecule has 0 fully saturated rings. The van der Waals surface area contributed by atoms with Gasteiger partial charge in [0.05, 0.1) is 18.8 Å². The summed E-state index contributed by atoms with van der Waals surface area (Å²) >= 11 is 0. The lowest BCUT2D eigenvalue weighted by Gasteiger charge is -2.22. The Labute approximate surface area is 169 Å². The van der Waals surface area contributed by atoms with E-state index in [0.717, 1.165) is 24.7 Å². The highest BCUT2D eigenvalue weighted by Gasteiger charge is 2.15. The van der Waals surface area contributed by atoms with Crippen LogP contribution in [0.5, 0.6) is 0 Å². The summed E-state index contributed by atoms with van der Waals surface area (Å²) in [5.74, 6) is 1.29. The van der Waals surface area contributed by atoms with E-state index in [1.807, 2.05) is 18.7 Å². The Kier molecular flexibility index (Phi) is 8.51. The van der Waals surface area contributed by atoms with E-state index in [2.05, 4.69) is 73.6 Å². The molecule has 1 aromatic heterocycles. The molecule has 0 aliphatic heterocycles. The Morgan fingerprint density at radius 2 is 1.93 bits per heavy atom. The molecule has 0 aliphatic carbocycles. The molecule has 0 bridgehead atoms. The molecule has 0 unspecified atom stereocenters. The Hall–Kier alpha value is -2.34. The second-order valence-electron chi connectivity index (χ2n) is 7.30. The molecule has 0 radical (unpaired) electrons. The van der Waals surface area contributed by atoms with Crippen LogP contribution in [0.15, 0.2) is 35.5 Å². The van der Waals surface area contributed by atoms with Gasteiger partial charge < -0.3 is 15.0 Å². The van der Waals surface area contributed by atoms with Gasteiger partial charge in [0, 0.05) is 45.6 Å². The summed E-state index contributed by atoms with van der Waals surface area (Å²) in [6, 6.07) is 8.34. The Balaban J connectivity index is 2.16. The summed E-state index contributed by atoms with van der Waals surface area (Å²) in [7, 11) is 4.05. The Morgan fingerprint density at radius 3 is 2.57 bits per heavy atom. The van der Waals surface area contributed by atoms with Crippen LogP contribution < -0.4 is 5.32 Å². The number of nitrogens with zero attached hydrogens (tertiary/aromatic N) is 4. The molecule has 0 atom stereocenters. The highest BCUT2D eigenvalue weighted by Crippen LogP contribution is 2.19. The normalized spacial score (nSPS) is 11.9. The van der Waals surface area contributed by atoms with E-state index < -0.39 is 0 Å². The highest BCUT2D eigenvalue weighted by atomic mass is 16.5. The molecule has 2 rings (SSSR count). The fraction of sp³-hybridized carbons (Fsp3) is 0.545. The minimum absolute atomic E-state index is 0.398. The third-order valence-electron chi connectivity index (χ3n) is 4.57. The molecule has 6 heteroatoms. The smallest absolute Gasteiger partial charge is 0.194 e. The Morgan fingerprint density at radius 1 is 1.21 bits per heavy atom. The van der Waals surface area contributed by atoms with Crippen molar-refractivity contribution in [2.45, 2.75) is 53.3 Å². The first-order valence-corrected chi connectivity index (χ1v) is 10.1. The van der Waals surface area contributed by atoms with Crippen molar-refractivity contribution in [3.8, 4) is 0 Å². The van der Waals surface area contributed by atoms with Crippen LogP contribution in [0.2, 0.25) is 0 Å². The highest BCUT2D eigenvalue weighted by molar-refractivity contribution is 5.79. The molecule has 2 aromatic rings. The van der Waals surface area contributed by atoms with Crippen LogP contribution in [0.4, 0.5) is 0 Å². The molecule has 154 valence electrons. The maximum Gasteiger partial charge on any atom is 0.194 e. The molecular weight excluding hydrogens is 350 g/mol. The number of guanidine groups is 1. The van der Waals surface area contributed by atoms with Crippen LogP contribution in [-0.4, -0.2) is 40.8 Å². The minimum atomic E-state index is 0.398. The van der Waals surface area contributed by atoms with Crippen LogP contribution in [0, 0.1) is 0 Å². The first kappa shape index (κ1) is 22.0. The summed E-state index contributed by atoms with van der Waals surface area (Å²) in [5.41, 5.74) is 4.78. The number of aliphatic imine (C=N–C) groups is 1. The van der Waals surface area contributed by atoms with Crippen molar-refractivity contribution in [3.05, 3.63) is 52.8 Å². The lowest BCUT2D eigenvalue weighted by molar-refractivity contribution is 0.133. The maximum absolute atomic E-state index is 5.60. The van der Waals surface area contributed by atoms with Gasteiger partial charge in [-0.25, -0.2) is 4.99 Å². The van der Waals surface area contributed by atoms with Crippen molar-refractivity contribution in [1.82, 2.24) is 20.0 Å². The number of aryl methyl sites for hydroxylation is 1. The predicted octanol–water partition coefficient (Wildman–Crippen LogP) is 3.68. The third kappa shape index (κ3) is 6.09. The zero-order valence-corrected chi connectivity index (χ0v) is 18.2. The van der Waals surface area contributed by atoms with Gasteiger partial charge >= 0.3 is 0 Å². The van der Waals surface area contributed by atoms with Crippen LogP contribution in [-0.2, 0) is 31.5 Å². The van der Waals surface area contributed by atoms with E-state index in [4.69, 9.17) is 9.73 Å². The fourth-order valence-electron chi connectivity index (χ4n) is 3.19. The molecule has 0 aliphatic rings. The van der Waals surface area contributed by atoms with E-state index in [0.29, 0.717) is 25.7 Å². The zero-order chi connectivity index (χ0) is 20.5. The molecule has 1 heterocycles. The standard InChI is InChI=1S/C22H35N5O/c1-7-23-22(24-13-18-11-9-10-12-19(18)16-28-8-2)26(5)14-20-15-27(6)25-21(20)17(3)4/h9-12,15,17H,7-8,13-14,16H2,1-6H3,(H,23,24). The van der Waals surface area contributed by atoms with Crippen molar-refractivity contribution < 1.29 is 4.74 Å². The maximum atomic E-state index is 5.60. The molecular formula is C22H35N5O. The average Bonchev–Trinajstić information content (AvgIpc) is 3.04. The summed E-state index contributed by atoms with van der Waals surface area (Å²) in [4.78, 5) is 7.04. The topological polar surface area (TPSA) is 54.7 Å². The van der Waals surface area contributed by atoms with Gasteiger partial charge in [0.15, 0.2) is 5.96 Å². The monoisotopic (exact) mass is 385 g/mol. The van der Waals surface area contributed by atoms with Crippen molar-refractivity contribution in [2.75, 3.05) is 20.2 Å². The van der Waals surface area contributed by atoms with E-state index in [9.17, 15) is 0 Å². The molecule has 1 N–H and O–H groups in total. The third-order valence-corrected chi connectivity index (χ3v) is 4.57. The van der Waals surface area contributed by atoms with E-state index >= 15 is 0 Å². The average molecular weight is 386 g/mol. The van der Waals surface area contributed by atoms with Gasteiger partial charge in [-0.05, 0) is 30.9 Å². The molecule has 0 saturated heterocycles. The van der Waals surface area contributed by atoms with E-state index in [1.165, 1.54) is 16.7 Å². The van der Waals surface area contributed by atoms with Crippen LogP contribution in [0.3, 0.4) is 0 Å². The zero-order valence-electron chi connectivity index (χ0n) is 18.2. The van der Waals surface area contributed by atoms with Crippen molar-refractivity contribution in [2.24, 2.45) is 12.0 Å². The Bertz CT molecular complexity index is 766. The first-order chi connectivity index (χ1) is 13.5. The molecule has 0 amide bonds. The number of benzene rings is 1. The minimum Gasteiger partial charge on any atom is -0.377 e. The second-order valence-corrected chi connectivity index (χ2v) is 7.30. The summed E-state index contributed by atoms with van der Waals surface area (Å²) in [6.07, 6.45) is 2.10. The van der Waals surface area contributed by atoms with Crippen molar-refractivity contribution >= 4 is 5.96 Å². The van der Waals surface area contributed by atoms with Crippen molar-refractivity contribution in [3.63, 3.8) is 0 Å². The summed E-state index contributed by atoms with van der Waals surface area (Å²) in [5, 5.41) is 8.03. The fourth-order valence-corrected chi connectivity index (χ4v) is 3.19. The predicted molar refractivity (Wildman–Crippen MR) is 115 cm³/mol. The van der Waals surface area contributed by atoms with Gasteiger partial charge in [-0.3, -0.25) is 4.68 Å². The van der Waals surface area contributed by atoms with E-state index in [-0.39, 0.29) is 0 Å². The van der Waals surface area contributed by atoms with E-state index in [1.54, 1.807) is 0 Å². The molecule has 1 aromatic carbocycles. The van der Waals surface area contributed by atoms with Gasteiger partial charge in [0.1, 0.15) is 0 Å². The van der Waals surface area contributed by atoms with Crippen LogP contribution in [0.25, 0.3) is 0 Å². The lowest BCUT2D eigenvalue weighted by atomic mass is 10.1. The number of aromatic nitrogens is 2. The molecule has 0 spiro atoms. The van der Waals surface area contributed by atoms with Crippen LogP contribution in [0.1, 0.15) is 56.0 Å². The number of ether oxygens (including phenoxy) is 1. The number of hydrogen-bond donors (Lipinski definition) is 1. The largest absolute Gasteiger partial charge is 0.377 e. The number of nitrogens with one attached hydrogen (secondary N) is 1. The van der Waals surface area contributed by atoms with Gasteiger partial charge in [-0.15, -0.1) is 0 Å². The van der Waals surface area contributed by atoms with Gasteiger partial charge in [0.2, 0.25) is 0 Å².